The first-order valence-electron chi connectivity index (χ1n) is 6.14. The zero-order valence-electron chi connectivity index (χ0n) is 9.88. The van der Waals surface area contributed by atoms with E-state index in [4.69, 9.17) is 4.74 Å². The third-order valence-corrected chi connectivity index (χ3v) is 3.10. The van der Waals surface area contributed by atoms with Gasteiger partial charge >= 0.3 is 0 Å². The van der Waals surface area contributed by atoms with Gasteiger partial charge in [-0.15, -0.1) is 0 Å². The number of rotatable bonds is 6. The molecule has 0 aromatic heterocycles. The molecule has 1 fully saturated rings. The second-order valence-corrected chi connectivity index (χ2v) is 4.45. The van der Waals surface area contributed by atoms with Crippen molar-refractivity contribution >= 4 is 0 Å². The van der Waals surface area contributed by atoms with Crippen LogP contribution in [0.3, 0.4) is 0 Å². The van der Waals surface area contributed by atoms with E-state index in [1.54, 1.807) is 0 Å². The molecule has 2 nitrogen and oxygen atoms in total. The van der Waals surface area contributed by atoms with Crippen LogP contribution in [0, 0.1) is 5.92 Å². The maximum absolute atomic E-state index is 5.81. The van der Waals surface area contributed by atoms with E-state index in [1.165, 1.54) is 25.7 Å². The van der Waals surface area contributed by atoms with Crippen molar-refractivity contribution in [1.29, 1.82) is 0 Å². The minimum Gasteiger partial charge on any atom is -0.376 e. The Balaban J connectivity index is 2.39. The third-order valence-electron chi connectivity index (χ3n) is 3.10. The van der Waals surface area contributed by atoms with Gasteiger partial charge in [-0.3, -0.25) is 0 Å². The lowest BCUT2D eigenvalue weighted by atomic mass is 9.94. The highest BCUT2D eigenvalue weighted by atomic mass is 16.5. The predicted molar refractivity (Wildman–Crippen MR) is 60.5 cm³/mol. The molecular weight excluding hydrogens is 174 g/mol. The van der Waals surface area contributed by atoms with E-state index in [-0.39, 0.29) is 0 Å². The van der Waals surface area contributed by atoms with Gasteiger partial charge in [0.1, 0.15) is 0 Å². The van der Waals surface area contributed by atoms with Gasteiger partial charge in [-0.05, 0) is 31.7 Å². The van der Waals surface area contributed by atoms with Crippen LogP contribution in [-0.4, -0.2) is 25.3 Å². The van der Waals surface area contributed by atoms with Crippen LogP contribution in [0.1, 0.15) is 46.5 Å². The summed E-state index contributed by atoms with van der Waals surface area (Å²) in [7, 11) is 0. The zero-order valence-corrected chi connectivity index (χ0v) is 9.88. The van der Waals surface area contributed by atoms with E-state index >= 15 is 0 Å². The largest absolute Gasteiger partial charge is 0.376 e. The van der Waals surface area contributed by atoms with Gasteiger partial charge in [0.2, 0.25) is 0 Å². The van der Waals surface area contributed by atoms with Gasteiger partial charge in [-0.25, -0.2) is 0 Å². The first-order chi connectivity index (χ1) is 6.79. The van der Waals surface area contributed by atoms with E-state index < -0.39 is 0 Å². The third kappa shape index (κ3) is 3.25. The zero-order chi connectivity index (χ0) is 10.4. The molecule has 0 spiro atoms. The molecule has 1 saturated heterocycles. The molecule has 0 aromatic carbocycles. The number of hydrogen-bond acceptors (Lipinski definition) is 2. The summed E-state index contributed by atoms with van der Waals surface area (Å²) in [6.45, 7) is 8.86. The quantitative estimate of drug-likeness (QED) is 0.710. The summed E-state index contributed by atoms with van der Waals surface area (Å²) in [6.07, 6.45) is 5.39. The van der Waals surface area contributed by atoms with Crippen molar-refractivity contribution in [3.63, 3.8) is 0 Å². The molecule has 3 unspecified atom stereocenters. The first-order valence-corrected chi connectivity index (χ1v) is 6.14. The molecule has 1 heterocycles. The van der Waals surface area contributed by atoms with Gasteiger partial charge in [-0.2, -0.15) is 0 Å². The Morgan fingerprint density at radius 2 is 2.14 bits per heavy atom. The van der Waals surface area contributed by atoms with Crippen molar-refractivity contribution in [2.24, 2.45) is 5.92 Å². The molecule has 2 heteroatoms. The van der Waals surface area contributed by atoms with E-state index in [1.807, 2.05) is 0 Å². The summed E-state index contributed by atoms with van der Waals surface area (Å²) < 4.78 is 5.81. The highest BCUT2D eigenvalue weighted by Crippen LogP contribution is 2.24. The smallest absolute Gasteiger partial charge is 0.0754 e. The summed E-state index contributed by atoms with van der Waals surface area (Å²) >= 11 is 0. The Hall–Kier alpha value is -0.0800. The predicted octanol–water partition coefficient (Wildman–Crippen LogP) is 2.58. The minimum absolute atomic E-state index is 0.460. The fourth-order valence-electron chi connectivity index (χ4n) is 2.25. The second-order valence-electron chi connectivity index (χ2n) is 4.45. The SMILES string of the molecule is CCCNC(CCC)C1OCCC1C. The standard InChI is InChI=1S/C12H25NO/c1-4-6-11(13-8-5-2)12-10(3)7-9-14-12/h10-13H,4-9H2,1-3H3. The van der Waals surface area contributed by atoms with Crippen molar-refractivity contribution in [3.8, 4) is 0 Å². The van der Waals surface area contributed by atoms with Crippen molar-refractivity contribution in [2.75, 3.05) is 13.2 Å². The maximum Gasteiger partial charge on any atom is 0.0754 e. The van der Waals surface area contributed by atoms with Gasteiger partial charge in [0, 0.05) is 12.6 Å². The molecule has 0 bridgehead atoms. The summed E-state index contributed by atoms with van der Waals surface area (Å²) in [5.74, 6) is 0.732. The normalized spacial score (nSPS) is 29.4. The van der Waals surface area contributed by atoms with Crippen molar-refractivity contribution < 1.29 is 4.74 Å². The van der Waals surface area contributed by atoms with Crippen LogP contribution in [0.15, 0.2) is 0 Å². The molecule has 3 atom stereocenters. The van der Waals surface area contributed by atoms with Crippen LogP contribution in [0.25, 0.3) is 0 Å². The number of nitrogens with one attached hydrogen (secondary N) is 1. The molecule has 0 radical (unpaired) electrons. The lowest BCUT2D eigenvalue weighted by Gasteiger charge is -2.26. The van der Waals surface area contributed by atoms with Crippen LogP contribution in [0.5, 0.6) is 0 Å². The van der Waals surface area contributed by atoms with Crippen LogP contribution in [-0.2, 0) is 4.74 Å². The van der Waals surface area contributed by atoms with Crippen molar-refractivity contribution in [3.05, 3.63) is 0 Å². The highest BCUT2D eigenvalue weighted by molar-refractivity contribution is 4.84. The van der Waals surface area contributed by atoms with E-state index in [0.717, 1.165) is 19.1 Å². The average Bonchev–Trinajstić information content (AvgIpc) is 2.59. The van der Waals surface area contributed by atoms with Gasteiger partial charge in [0.05, 0.1) is 6.10 Å². The number of hydrogen-bond donors (Lipinski definition) is 1. The average molecular weight is 199 g/mol. The Labute approximate surface area is 88.4 Å². The molecule has 14 heavy (non-hydrogen) atoms. The van der Waals surface area contributed by atoms with E-state index in [0.29, 0.717) is 12.1 Å². The molecule has 1 aliphatic rings. The highest BCUT2D eigenvalue weighted by Gasteiger charge is 2.30. The Kier molecular flexibility index (Phi) is 5.49. The van der Waals surface area contributed by atoms with Crippen LogP contribution in [0.4, 0.5) is 0 Å². The first kappa shape index (κ1) is 12.0. The number of ether oxygens (including phenoxy) is 1. The van der Waals surface area contributed by atoms with Gasteiger partial charge in [0.15, 0.2) is 0 Å². The fourth-order valence-corrected chi connectivity index (χ4v) is 2.25. The summed E-state index contributed by atoms with van der Waals surface area (Å²) in [5.41, 5.74) is 0. The molecule has 0 amide bonds. The lowest BCUT2D eigenvalue weighted by molar-refractivity contribution is 0.0580. The Bertz CT molecular complexity index is 149. The van der Waals surface area contributed by atoms with Gasteiger partial charge in [0.25, 0.3) is 0 Å². The fraction of sp³-hybridized carbons (Fsp3) is 1.00. The Morgan fingerprint density at radius 3 is 2.64 bits per heavy atom. The van der Waals surface area contributed by atoms with Crippen molar-refractivity contribution in [2.45, 2.75) is 58.6 Å². The summed E-state index contributed by atoms with van der Waals surface area (Å²) in [5, 5.41) is 3.62. The van der Waals surface area contributed by atoms with Crippen LogP contribution < -0.4 is 5.32 Å². The van der Waals surface area contributed by atoms with Gasteiger partial charge in [-0.1, -0.05) is 27.2 Å². The molecule has 1 rings (SSSR count). The minimum atomic E-state index is 0.460. The van der Waals surface area contributed by atoms with E-state index in [2.05, 4.69) is 26.1 Å². The Morgan fingerprint density at radius 1 is 1.36 bits per heavy atom. The van der Waals surface area contributed by atoms with E-state index in [9.17, 15) is 0 Å². The topological polar surface area (TPSA) is 21.3 Å². The molecule has 0 aromatic rings. The molecule has 1 aliphatic heterocycles. The molecule has 84 valence electrons. The summed E-state index contributed by atoms with van der Waals surface area (Å²) in [6, 6.07) is 0.581. The second kappa shape index (κ2) is 6.41. The molecular formula is C12H25NO. The monoisotopic (exact) mass is 199 g/mol. The molecule has 1 N–H and O–H groups in total. The van der Waals surface area contributed by atoms with Crippen molar-refractivity contribution in [1.82, 2.24) is 5.32 Å². The maximum atomic E-state index is 5.81. The lowest BCUT2D eigenvalue weighted by Crippen LogP contribution is -2.42. The molecule has 0 saturated carbocycles. The van der Waals surface area contributed by atoms with Crippen LogP contribution in [0.2, 0.25) is 0 Å². The van der Waals surface area contributed by atoms with Crippen LogP contribution >= 0.6 is 0 Å². The summed E-state index contributed by atoms with van der Waals surface area (Å²) in [4.78, 5) is 0. The van der Waals surface area contributed by atoms with Gasteiger partial charge < -0.3 is 10.1 Å². The molecule has 0 aliphatic carbocycles.